The van der Waals surface area contributed by atoms with Gasteiger partial charge in [0.25, 0.3) is 5.91 Å². The number of para-hydroxylation sites is 1. The molecule has 4 rings (SSSR count). The van der Waals surface area contributed by atoms with E-state index in [1.54, 1.807) is 6.07 Å². The number of anilines is 1. The van der Waals surface area contributed by atoms with E-state index in [0.29, 0.717) is 11.1 Å². The highest BCUT2D eigenvalue weighted by molar-refractivity contribution is 6.35. The number of carbonyl (C=O) groups is 1. The van der Waals surface area contributed by atoms with Gasteiger partial charge in [0, 0.05) is 45.1 Å². The second-order valence-electron chi connectivity index (χ2n) is 5.48. The van der Waals surface area contributed by atoms with Gasteiger partial charge in [-0.25, -0.2) is 0 Å². The summed E-state index contributed by atoms with van der Waals surface area (Å²) >= 11 is 0. The van der Waals surface area contributed by atoms with E-state index in [2.05, 4.69) is 10.3 Å². The quantitative estimate of drug-likeness (QED) is 0.333. The fourth-order valence-corrected chi connectivity index (χ4v) is 2.87. The van der Waals surface area contributed by atoms with Gasteiger partial charge in [-0.2, -0.15) is 0 Å². The minimum absolute atomic E-state index is 0.0238. The number of aromatic nitrogens is 1. The van der Waals surface area contributed by atoms with E-state index in [9.17, 15) is 4.79 Å². The van der Waals surface area contributed by atoms with Crippen LogP contribution in [-0.4, -0.2) is 16.7 Å². The summed E-state index contributed by atoms with van der Waals surface area (Å²) in [7, 11) is 0. The van der Waals surface area contributed by atoms with Crippen molar-refractivity contribution in [2.75, 3.05) is 5.32 Å². The Balaban J connectivity index is 1.88. The maximum atomic E-state index is 12.2. The maximum absolute atomic E-state index is 12.2. The third-order valence-electron chi connectivity index (χ3n) is 4.03. The number of amidine groups is 1. The van der Waals surface area contributed by atoms with Gasteiger partial charge in [-0.15, -0.1) is 0 Å². The van der Waals surface area contributed by atoms with Crippen molar-refractivity contribution in [2.24, 2.45) is 5.73 Å². The lowest BCUT2D eigenvalue weighted by Crippen LogP contribution is -2.10. The van der Waals surface area contributed by atoms with Crippen LogP contribution in [0.15, 0.2) is 48.7 Å². The van der Waals surface area contributed by atoms with Gasteiger partial charge in [0.15, 0.2) is 0 Å². The molecule has 0 saturated heterocycles. The summed E-state index contributed by atoms with van der Waals surface area (Å²) in [6, 6.07) is 13.2. The summed E-state index contributed by atoms with van der Waals surface area (Å²) in [4.78, 5) is 15.4. The second-order valence-corrected chi connectivity index (χ2v) is 5.48. The Morgan fingerprint density at radius 3 is 2.83 bits per heavy atom. The van der Waals surface area contributed by atoms with E-state index in [1.165, 1.54) is 0 Å². The number of fused-ring (bicyclic) bond motifs is 2. The first-order chi connectivity index (χ1) is 11.1. The van der Waals surface area contributed by atoms with Gasteiger partial charge in [0.1, 0.15) is 5.84 Å². The van der Waals surface area contributed by atoms with E-state index >= 15 is 0 Å². The number of amides is 1. The zero-order valence-corrected chi connectivity index (χ0v) is 12.2. The third-order valence-corrected chi connectivity index (χ3v) is 4.03. The molecule has 2 heterocycles. The molecule has 1 amide bonds. The first-order valence-corrected chi connectivity index (χ1v) is 7.21. The first-order valence-electron chi connectivity index (χ1n) is 7.21. The van der Waals surface area contributed by atoms with Crippen LogP contribution in [0, 0.1) is 5.41 Å². The molecule has 5 heteroatoms. The molecule has 5 N–H and O–H groups in total. The lowest BCUT2D eigenvalue weighted by molar-refractivity contribution is -0.110. The Kier molecular flexibility index (Phi) is 2.81. The number of benzene rings is 2. The normalized spacial score (nSPS) is 15.0. The van der Waals surface area contributed by atoms with Crippen LogP contribution in [0.3, 0.4) is 0 Å². The van der Waals surface area contributed by atoms with E-state index in [0.717, 1.165) is 27.7 Å². The summed E-state index contributed by atoms with van der Waals surface area (Å²) in [6.07, 6.45) is 3.72. The molecule has 5 nitrogen and oxygen atoms in total. The second kappa shape index (κ2) is 4.84. The molecular weight excluding hydrogens is 288 g/mol. The molecule has 112 valence electrons. The largest absolute Gasteiger partial charge is 0.384 e. The van der Waals surface area contributed by atoms with E-state index in [4.69, 9.17) is 11.1 Å². The molecule has 0 unspecified atom stereocenters. The molecule has 0 bridgehead atoms. The zero-order valence-electron chi connectivity index (χ0n) is 12.2. The number of hydrogen-bond acceptors (Lipinski definition) is 2. The Bertz CT molecular complexity index is 997. The summed E-state index contributed by atoms with van der Waals surface area (Å²) in [6.45, 7) is 0. The van der Waals surface area contributed by atoms with Crippen LogP contribution in [0.5, 0.6) is 0 Å². The van der Waals surface area contributed by atoms with Crippen LogP contribution in [0.4, 0.5) is 5.69 Å². The zero-order chi connectivity index (χ0) is 16.0. The van der Waals surface area contributed by atoms with Crippen LogP contribution >= 0.6 is 0 Å². The van der Waals surface area contributed by atoms with Crippen molar-refractivity contribution in [1.29, 1.82) is 5.41 Å². The number of nitrogens with one attached hydrogen (secondary N) is 3. The van der Waals surface area contributed by atoms with Crippen LogP contribution in [0.1, 0.15) is 16.7 Å². The lowest BCUT2D eigenvalue weighted by Gasteiger charge is -2.00. The predicted octanol–water partition coefficient (Wildman–Crippen LogP) is 2.94. The molecule has 0 aliphatic carbocycles. The van der Waals surface area contributed by atoms with Gasteiger partial charge >= 0.3 is 0 Å². The molecule has 1 aliphatic rings. The van der Waals surface area contributed by atoms with Crippen molar-refractivity contribution in [3.63, 3.8) is 0 Å². The summed E-state index contributed by atoms with van der Waals surface area (Å²) in [5.41, 5.74) is 10.4. The number of rotatable bonds is 2. The summed E-state index contributed by atoms with van der Waals surface area (Å²) < 4.78 is 0. The smallest absolute Gasteiger partial charge is 0.256 e. The fraction of sp³-hybridized carbons (Fsp3) is 0. The highest BCUT2D eigenvalue weighted by Gasteiger charge is 2.23. The van der Waals surface area contributed by atoms with Crippen molar-refractivity contribution in [2.45, 2.75) is 0 Å². The van der Waals surface area contributed by atoms with Gasteiger partial charge in [-0.3, -0.25) is 10.2 Å². The molecule has 23 heavy (non-hydrogen) atoms. The standard InChI is InChI=1S/C18H14N4O/c19-17(20)10-5-6-15-13(7-10)11(9-21-15)8-14-12-3-1-2-4-16(12)22-18(14)23/h1-9,21H,(H3,19,20)(H,22,23)/b14-8+. The van der Waals surface area contributed by atoms with Crippen molar-refractivity contribution in [1.82, 2.24) is 4.98 Å². The topological polar surface area (TPSA) is 94.8 Å². The molecule has 0 radical (unpaired) electrons. The Hall–Kier alpha value is -3.34. The predicted molar refractivity (Wildman–Crippen MR) is 92.3 cm³/mol. The Labute approximate surface area is 132 Å². The highest BCUT2D eigenvalue weighted by atomic mass is 16.2. The van der Waals surface area contributed by atoms with Crippen LogP contribution in [0.2, 0.25) is 0 Å². The molecule has 0 spiro atoms. The number of nitrogens with two attached hydrogens (primary N) is 1. The molecule has 0 saturated carbocycles. The summed E-state index contributed by atoms with van der Waals surface area (Å²) in [5, 5.41) is 11.4. The lowest BCUT2D eigenvalue weighted by atomic mass is 10.0. The molecule has 1 aliphatic heterocycles. The molecule has 2 aromatic carbocycles. The van der Waals surface area contributed by atoms with Gasteiger partial charge in [0.05, 0.1) is 0 Å². The van der Waals surface area contributed by atoms with Crippen molar-refractivity contribution < 1.29 is 4.79 Å². The van der Waals surface area contributed by atoms with Crippen LogP contribution in [-0.2, 0) is 4.79 Å². The van der Waals surface area contributed by atoms with E-state index in [-0.39, 0.29) is 11.7 Å². The monoisotopic (exact) mass is 302 g/mol. The molecule has 1 aromatic heterocycles. The minimum atomic E-state index is -0.108. The summed E-state index contributed by atoms with van der Waals surface area (Å²) in [5.74, 6) is -0.0843. The van der Waals surface area contributed by atoms with E-state index < -0.39 is 0 Å². The molecular formula is C18H14N4O. The van der Waals surface area contributed by atoms with Crippen molar-refractivity contribution in [3.05, 3.63) is 65.4 Å². The van der Waals surface area contributed by atoms with Gasteiger partial charge < -0.3 is 16.0 Å². The van der Waals surface area contributed by atoms with Crippen molar-refractivity contribution in [3.8, 4) is 0 Å². The van der Waals surface area contributed by atoms with Gasteiger partial charge in [-0.05, 0) is 30.3 Å². The van der Waals surface area contributed by atoms with E-state index in [1.807, 2.05) is 48.7 Å². The average molecular weight is 302 g/mol. The number of carbonyl (C=O) groups excluding carboxylic acids is 1. The maximum Gasteiger partial charge on any atom is 0.256 e. The highest BCUT2D eigenvalue weighted by Crippen LogP contribution is 2.34. The van der Waals surface area contributed by atoms with Crippen molar-refractivity contribution >= 4 is 40.0 Å². The molecule has 0 atom stereocenters. The SMILES string of the molecule is N=C(N)c1ccc2[nH]cc(/C=C3/C(=O)Nc4ccccc43)c2c1. The van der Waals surface area contributed by atoms with Crippen LogP contribution < -0.4 is 11.1 Å². The molecule has 0 fully saturated rings. The number of aromatic amines is 1. The number of nitrogen functional groups attached to an aromatic ring is 1. The van der Waals surface area contributed by atoms with Crippen LogP contribution in [0.25, 0.3) is 22.6 Å². The number of hydrogen-bond donors (Lipinski definition) is 4. The Morgan fingerprint density at radius 2 is 2.00 bits per heavy atom. The first kappa shape index (κ1) is 13.3. The average Bonchev–Trinajstić information content (AvgIpc) is 3.09. The molecule has 3 aromatic rings. The van der Waals surface area contributed by atoms with Gasteiger partial charge in [0.2, 0.25) is 0 Å². The third kappa shape index (κ3) is 2.10. The Morgan fingerprint density at radius 1 is 1.17 bits per heavy atom. The minimum Gasteiger partial charge on any atom is -0.384 e. The fourth-order valence-electron chi connectivity index (χ4n) is 2.87. The number of H-pyrrole nitrogens is 1. The van der Waals surface area contributed by atoms with Gasteiger partial charge in [-0.1, -0.05) is 18.2 Å².